The van der Waals surface area contributed by atoms with Crippen LogP contribution in [0.25, 0.3) is 0 Å². The van der Waals surface area contributed by atoms with Gasteiger partial charge in [-0.2, -0.15) is 5.26 Å². The van der Waals surface area contributed by atoms with Crippen molar-refractivity contribution in [2.24, 2.45) is 0 Å². The third-order valence-corrected chi connectivity index (χ3v) is 7.11. The zero-order chi connectivity index (χ0) is 25.5. The number of piperazine rings is 1. The highest BCUT2D eigenvalue weighted by Crippen LogP contribution is 2.40. The zero-order valence-corrected chi connectivity index (χ0v) is 20.8. The monoisotopic (exact) mass is 491 g/mol. The number of amides is 2. The van der Waals surface area contributed by atoms with Crippen LogP contribution in [0.5, 0.6) is 0 Å². The maximum Gasteiger partial charge on any atom is 0.251 e. The van der Waals surface area contributed by atoms with Gasteiger partial charge in [-0.3, -0.25) is 9.59 Å². The highest BCUT2D eigenvalue weighted by Gasteiger charge is 2.37. The number of carbonyl (C=O) groups is 2. The van der Waals surface area contributed by atoms with E-state index in [9.17, 15) is 14.0 Å². The highest BCUT2D eigenvalue weighted by molar-refractivity contribution is 5.97. The fraction of sp³-hybridized carbons (Fsp3) is 0.464. The van der Waals surface area contributed by atoms with E-state index in [2.05, 4.69) is 15.5 Å². The van der Waals surface area contributed by atoms with Crippen LogP contribution in [0.4, 0.5) is 4.39 Å². The average Bonchev–Trinajstić information content (AvgIpc) is 3.67. The molecule has 7 nitrogen and oxygen atoms in total. The minimum Gasteiger partial charge on any atom is -0.340 e. The molecule has 2 aromatic rings. The summed E-state index contributed by atoms with van der Waals surface area (Å²) >= 11 is 0. The lowest BCUT2D eigenvalue weighted by Crippen LogP contribution is -2.54. The second-order valence-electron chi connectivity index (χ2n) is 9.79. The van der Waals surface area contributed by atoms with E-state index in [-0.39, 0.29) is 17.6 Å². The molecule has 8 heteroatoms. The molecule has 1 saturated carbocycles. The van der Waals surface area contributed by atoms with Crippen LogP contribution in [0, 0.1) is 17.1 Å². The first-order valence-corrected chi connectivity index (χ1v) is 12.7. The van der Waals surface area contributed by atoms with Crippen molar-refractivity contribution in [1.29, 1.82) is 5.26 Å². The molecule has 0 aromatic heterocycles. The smallest absolute Gasteiger partial charge is 0.251 e. The summed E-state index contributed by atoms with van der Waals surface area (Å²) in [5.41, 5.74) is 2.09. The SMILES string of the molecule is CN1CCN(C(=O)[C@H](CCCCN[C@@H]2C[C@H]2c2ccc(F)cc2)NC(=O)c2ccc(C#N)cc2)CC1. The normalized spacial score (nSPS) is 20.4. The number of hydrogen-bond donors (Lipinski definition) is 2. The van der Waals surface area contributed by atoms with Crippen molar-refractivity contribution in [3.8, 4) is 6.07 Å². The maximum atomic E-state index is 13.3. The molecule has 1 aliphatic heterocycles. The Morgan fingerprint density at radius 1 is 1.06 bits per heavy atom. The molecule has 2 N–H and O–H groups in total. The minimum atomic E-state index is -0.579. The van der Waals surface area contributed by atoms with Crippen LogP contribution in [0.3, 0.4) is 0 Å². The summed E-state index contributed by atoms with van der Waals surface area (Å²) in [5, 5.41) is 15.5. The summed E-state index contributed by atoms with van der Waals surface area (Å²) in [5.74, 6) is -0.110. The number of rotatable bonds is 10. The van der Waals surface area contributed by atoms with Crippen molar-refractivity contribution in [3.05, 3.63) is 71.0 Å². The van der Waals surface area contributed by atoms with Crippen molar-refractivity contribution >= 4 is 11.8 Å². The van der Waals surface area contributed by atoms with Gasteiger partial charge in [0.05, 0.1) is 11.6 Å². The molecule has 2 aromatic carbocycles. The largest absolute Gasteiger partial charge is 0.340 e. The molecule has 0 radical (unpaired) electrons. The van der Waals surface area contributed by atoms with Crippen LogP contribution in [0.1, 0.15) is 53.1 Å². The standard InChI is InChI=1S/C28H34FN5O2/c1-33-14-16-34(17-15-33)28(36)25(32-27(35)22-7-5-20(19-30)6-8-22)4-2-3-13-31-26-18-24(26)21-9-11-23(29)12-10-21/h5-12,24-26,31H,2-4,13-18H2,1H3,(H,32,35)/t24-,25-,26+/m0/s1. The Morgan fingerprint density at radius 2 is 1.75 bits per heavy atom. The van der Waals surface area contributed by atoms with Gasteiger partial charge >= 0.3 is 0 Å². The van der Waals surface area contributed by atoms with Crippen molar-refractivity contribution in [2.45, 2.75) is 43.7 Å². The van der Waals surface area contributed by atoms with Gasteiger partial charge in [-0.15, -0.1) is 0 Å². The Labute approximate surface area is 212 Å². The molecule has 0 spiro atoms. The van der Waals surface area contributed by atoms with Crippen molar-refractivity contribution in [3.63, 3.8) is 0 Å². The molecule has 4 rings (SSSR count). The molecule has 0 bridgehead atoms. The lowest BCUT2D eigenvalue weighted by molar-refractivity contribution is -0.135. The molecule has 1 heterocycles. The predicted molar refractivity (Wildman–Crippen MR) is 136 cm³/mol. The number of likely N-dealkylation sites (N-methyl/N-ethyl adjacent to an activating group) is 1. The van der Waals surface area contributed by atoms with Gasteiger partial charge in [0.25, 0.3) is 5.91 Å². The maximum absolute atomic E-state index is 13.3. The van der Waals surface area contributed by atoms with Crippen LogP contribution in [0.2, 0.25) is 0 Å². The molecule has 190 valence electrons. The summed E-state index contributed by atoms with van der Waals surface area (Å²) in [7, 11) is 2.04. The summed E-state index contributed by atoms with van der Waals surface area (Å²) in [4.78, 5) is 30.2. The van der Waals surface area contributed by atoms with Crippen molar-refractivity contribution in [1.82, 2.24) is 20.4 Å². The molecule has 2 fully saturated rings. The molecule has 3 atom stereocenters. The van der Waals surface area contributed by atoms with Crippen molar-refractivity contribution in [2.75, 3.05) is 39.8 Å². The second-order valence-corrected chi connectivity index (χ2v) is 9.79. The fourth-order valence-electron chi connectivity index (χ4n) is 4.70. The zero-order valence-electron chi connectivity index (χ0n) is 20.8. The topological polar surface area (TPSA) is 88.5 Å². The first kappa shape index (κ1) is 25.8. The fourth-order valence-corrected chi connectivity index (χ4v) is 4.70. The Hall–Kier alpha value is -3.28. The van der Waals surface area contributed by atoms with Crippen LogP contribution in [-0.2, 0) is 4.79 Å². The van der Waals surface area contributed by atoms with Gasteiger partial charge in [0.2, 0.25) is 5.91 Å². The van der Waals surface area contributed by atoms with E-state index in [1.165, 1.54) is 12.1 Å². The van der Waals surface area contributed by atoms with E-state index in [0.717, 1.165) is 44.5 Å². The van der Waals surface area contributed by atoms with Gasteiger partial charge in [-0.1, -0.05) is 12.1 Å². The van der Waals surface area contributed by atoms with Crippen molar-refractivity contribution < 1.29 is 14.0 Å². The minimum absolute atomic E-state index is 0.0309. The Balaban J connectivity index is 1.27. The van der Waals surface area contributed by atoms with Gasteiger partial charge in [0, 0.05) is 43.7 Å². The van der Waals surface area contributed by atoms with Crippen LogP contribution < -0.4 is 10.6 Å². The highest BCUT2D eigenvalue weighted by atomic mass is 19.1. The summed E-state index contributed by atoms with van der Waals surface area (Å²) in [6, 6.07) is 15.0. The van der Waals surface area contributed by atoms with E-state index < -0.39 is 6.04 Å². The number of benzene rings is 2. The van der Waals surface area contributed by atoms with E-state index in [1.54, 1.807) is 24.3 Å². The summed E-state index contributed by atoms with van der Waals surface area (Å²) in [6.45, 7) is 3.80. The molecule has 36 heavy (non-hydrogen) atoms. The molecule has 1 aliphatic carbocycles. The van der Waals surface area contributed by atoms with Crippen LogP contribution >= 0.6 is 0 Å². The number of nitrogens with zero attached hydrogens (tertiary/aromatic N) is 3. The van der Waals surface area contributed by atoms with Gasteiger partial charge in [-0.05, 0) is 81.2 Å². The lowest BCUT2D eigenvalue weighted by atomic mass is 10.1. The third kappa shape index (κ3) is 6.90. The number of hydrogen-bond acceptors (Lipinski definition) is 5. The third-order valence-electron chi connectivity index (χ3n) is 7.11. The Kier molecular flexibility index (Phi) is 8.68. The molecular formula is C28H34FN5O2. The Morgan fingerprint density at radius 3 is 2.42 bits per heavy atom. The number of carbonyl (C=O) groups excluding carboxylic acids is 2. The first-order valence-electron chi connectivity index (χ1n) is 12.7. The van der Waals surface area contributed by atoms with Gasteiger partial charge < -0.3 is 20.4 Å². The molecule has 2 amide bonds. The van der Waals surface area contributed by atoms with Gasteiger partial charge in [-0.25, -0.2) is 4.39 Å². The Bertz CT molecular complexity index is 1070. The predicted octanol–water partition coefficient (Wildman–Crippen LogP) is 2.89. The number of nitriles is 1. The molecule has 0 unspecified atom stereocenters. The molecule has 2 aliphatic rings. The van der Waals surface area contributed by atoms with E-state index in [1.807, 2.05) is 30.1 Å². The summed E-state index contributed by atoms with van der Waals surface area (Å²) in [6.07, 6.45) is 3.32. The average molecular weight is 492 g/mol. The number of unbranched alkanes of at least 4 members (excludes halogenated alkanes) is 1. The second kappa shape index (κ2) is 12.1. The van der Waals surface area contributed by atoms with Crippen LogP contribution in [0.15, 0.2) is 48.5 Å². The summed E-state index contributed by atoms with van der Waals surface area (Å²) < 4.78 is 13.1. The number of nitrogens with one attached hydrogen (secondary N) is 2. The van der Waals surface area contributed by atoms with Crippen LogP contribution in [-0.4, -0.2) is 73.5 Å². The number of halogens is 1. The quantitative estimate of drug-likeness (QED) is 0.499. The van der Waals surface area contributed by atoms with E-state index in [0.29, 0.717) is 42.6 Å². The lowest BCUT2D eigenvalue weighted by Gasteiger charge is -2.34. The van der Waals surface area contributed by atoms with E-state index in [4.69, 9.17) is 5.26 Å². The van der Waals surface area contributed by atoms with Gasteiger partial charge in [0.15, 0.2) is 0 Å². The van der Waals surface area contributed by atoms with E-state index >= 15 is 0 Å². The first-order chi connectivity index (χ1) is 17.4. The molecular weight excluding hydrogens is 457 g/mol. The molecule has 1 saturated heterocycles. The van der Waals surface area contributed by atoms with Gasteiger partial charge in [0.1, 0.15) is 11.9 Å².